The van der Waals surface area contributed by atoms with Crippen LogP contribution in [0.2, 0.25) is 0 Å². The number of benzene rings is 6. The number of nitrogens with zero attached hydrogens (tertiary/aromatic N) is 3. The Hall–Kier alpha value is -8.75. The predicted octanol–water partition coefficient (Wildman–Crippen LogP) is 10.1. The van der Waals surface area contributed by atoms with Crippen LogP contribution >= 0.6 is 0 Å². The maximum Gasteiger partial charge on any atom is 0.471 e. The number of aliphatic carboxylic acids is 4. The second-order valence-electron chi connectivity index (χ2n) is 14.7. The molecule has 0 bridgehead atoms. The number of para-hydroxylation sites is 5. The molecule has 0 heterocycles. The summed E-state index contributed by atoms with van der Waals surface area (Å²) in [7, 11) is 0. The summed E-state index contributed by atoms with van der Waals surface area (Å²) in [6.07, 6.45) is -6.74. The van der Waals surface area contributed by atoms with Crippen LogP contribution < -0.4 is 29.9 Å². The zero-order valence-electron chi connectivity index (χ0n) is 38.3. The molecule has 4 atom stereocenters. The van der Waals surface area contributed by atoms with E-state index in [1.165, 1.54) is 36.1 Å². The van der Waals surface area contributed by atoms with Crippen LogP contribution in [-0.4, -0.2) is 87.3 Å². The molecule has 0 aliphatic heterocycles. The molecule has 398 valence electrons. The van der Waals surface area contributed by atoms with E-state index in [9.17, 15) is 57.4 Å². The summed E-state index contributed by atoms with van der Waals surface area (Å²) < 4.78 is 42.5. The number of carbonyl (C=O) groups excluding carboxylic acids is 3. The number of carboxylic acids is 4. The van der Waals surface area contributed by atoms with Gasteiger partial charge in [0.05, 0.1) is 12.0 Å². The summed E-state index contributed by atoms with van der Waals surface area (Å²) in [6.45, 7) is 3.70. The van der Waals surface area contributed by atoms with Gasteiger partial charge in [-0.2, -0.15) is 13.2 Å². The van der Waals surface area contributed by atoms with Gasteiger partial charge in [-0.1, -0.05) is 144 Å². The third-order valence-corrected chi connectivity index (χ3v) is 9.54. The summed E-state index contributed by atoms with van der Waals surface area (Å²) in [4.78, 5) is 74.2. The minimum atomic E-state index is -5.13. The molecule has 0 spiro atoms. The molecule has 0 fully saturated rings. The molecule has 6 aromatic rings. The molecule has 6 rings (SSSR count). The van der Waals surface area contributed by atoms with E-state index in [0.717, 1.165) is 17.5 Å². The van der Waals surface area contributed by atoms with Crippen LogP contribution in [0.5, 0.6) is 5.75 Å². The van der Waals surface area contributed by atoms with Crippen molar-refractivity contribution in [2.24, 2.45) is 0 Å². The van der Waals surface area contributed by atoms with Crippen LogP contribution in [0.15, 0.2) is 182 Å². The number of hydrogen-bond donors (Lipinski definition) is 5. The lowest BCUT2D eigenvalue weighted by Crippen LogP contribution is -2.49. The third kappa shape index (κ3) is 21.3. The number of carboxylic acid groups (broad SMARTS) is 4. The van der Waals surface area contributed by atoms with Crippen LogP contribution in [0, 0.1) is 0 Å². The molecule has 0 radical (unpaired) electrons. The fourth-order valence-corrected chi connectivity index (χ4v) is 6.01. The molecule has 74 heavy (non-hydrogen) atoms. The topological polar surface area (TPSA) is 247 Å². The van der Waals surface area contributed by atoms with E-state index in [-0.39, 0.29) is 39.4 Å². The van der Waals surface area contributed by atoms with Crippen LogP contribution in [0.1, 0.15) is 54.8 Å². The molecule has 4 unspecified atom stereocenters. The van der Waals surface area contributed by atoms with Gasteiger partial charge in [0, 0.05) is 28.3 Å². The molecule has 2 amide bonds. The van der Waals surface area contributed by atoms with Gasteiger partial charge in [0.1, 0.15) is 24.4 Å². The molecular formula is C54H62F3N4O13-. The number of anilines is 4. The molecule has 0 saturated heterocycles. The van der Waals surface area contributed by atoms with Crippen molar-refractivity contribution in [3.05, 3.63) is 188 Å². The van der Waals surface area contributed by atoms with Crippen LogP contribution in [0.25, 0.3) is 0 Å². The average molecular weight is 1030 g/mol. The van der Waals surface area contributed by atoms with Gasteiger partial charge >= 0.3 is 36.1 Å². The highest BCUT2D eigenvalue weighted by molar-refractivity contribution is 6.02. The molecule has 20 heteroatoms. The number of amides is 2. The van der Waals surface area contributed by atoms with Crippen molar-refractivity contribution in [2.75, 3.05) is 26.6 Å². The van der Waals surface area contributed by atoms with Crippen molar-refractivity contribution < 1.29 is 77.2 Å². The minimum absolute atomic E-state index is 0. The van der Waals surface area contributed by atoms with Crippen LogP contribution in [-0.2, 0) is 28.9 Å². The van der Waals surface area contributed by atoms with Crippen molar-refractivity contribution >= 4 is 58.6 Å². The van der Waals surface area contributed by atoms with Crippen LogP contribution in [0.4, 0.5) is 40.7 Å². The number of carbonyl (C=O) groups is 6. The molecule has 0 aliphatic rings. The SMILES string of the molecule is C.C.C.CC(C(=O)O)N(C(=O)C(F)(F)F)c1ccccc1.CC(C(=O)O)N(C(=O)Oc1ccccc1)c1ccccc1.CC(Nc1ccccc1)C(=O)[O-].O=C(O)CN(c1ccccc1)C(OO)c1ccccc1. The average Bonchev–Trinajstić information content (AvgIpc) is 3.36. The van der Waals surface area contributed by atoms with Gasteiger partial charge < -0.3 is 40.2 Å². The first-order valence-corrected chi connectivity index (χ1v) is 21.2. The highest BCUT2D eigenvalue weighted by atomic mass is 19.4. The van der Waals surface area contributed by atoms with Crippen molar-refractivity contribution in [1.82, 2.24) is 0 Å². The lowest BCUT2D eigenvalue weighted by atomic mass is 10.1. The number of alkyl halides is 3. The molecule has 17 nitrogen and oxygen atoms in total. The maximum atomic E-state index is 12.4. The molecule has 5 N–H and O–H groups in total. The van der Waals surface area contributed by atoms with E-state index < -0.39 is 66.4 Å². The smallest absolute Gasteiger partial charge is 0.471 e. The Morgan fingerprint density at radius 2 is 0.932 bits per heavy atom. The molecule has 6 aromatic carbocycles. The summed E-state index contributed by atoms with van der Waals surface area (Å²) >= 11 is 0. The number of rotatable bonds is 16. The highest BCUT2D eigenvalue weighted by Gasteiger charge is 2.46. The highest BCUT2D eigenvalue weighted by Crippen LogP contribution is 2.28. The van der Waals surface area contributed by atoms with E-state index in [1.807, 2.05) is 30.3 Å². The molecule has 0 aromatic heterocycles. The van der Waals surface area contributed by atoms with Gasteiger partial charge in [0.15, 0.2) is 6.23 Å². The number of hydrogen-bond acceptors (Lipinski definition) is 12. The number of ether oxygens (including phenoxy) is 1. The number of halogens is 3. The fraction of sp³-hybridized carbons (Fsp3) is 0.222. The second-order valence-corrected chi connectivity index (χ2v) is 14.7. The van der Waals surface area contributed by atoms with Crippen molar-refractivity contribution in [2.45, 2.75) is 73.6 Å². The van der Waals surface area contributed by atoms with Gasteiger partial charge in [0.25, 0.3) is 0 Å². The Bertz CT molecular complexity index is 2570. The maximum absolute atomic E-state index is 12.4. The second kappa shape index (κ2) is 33.0. The van der Waals surface area contributed by atoms with Crippen LogP contribution in [0.3, 0.4) is 0 Å². The summed E-state index contributed by atoms with van der Waals surface area (Å²) in [5.74, 6) is -6.57. The van der Waals surface area contributed by atoms with Gasteiger partial charge in [0.2, 0.25) is 0 Å². The largest absolute Gasteiger partial charge is 0.548 e. The van der Waals surface area contributed by atoms with E-state index in [4.69, 9.17) is 14.9 Å². The van der Waals surface area contributed by atoms with E-state index in [2.05, 4.69) is 10.2 Å². The van der Waals surface area contributed by atoms with Gasteiger partial charge in [-0.3, -0.25) is 19.4 Å². The first-order chi connectivity index (χ1) is 33.8. The Morgan fingerprint density at radius 1 is 0.568 bits per heavy atom. The first-order valence-electron chi connectivity index (χ1n) is 21.2. The monoisotopic (exact) mass is 1030 g/mol. The van der Waals surface area contributed by atoms with Gasteiger partial charge in [-0.25, -0.2) is 24.5 Å². The predicted molar refractivity (Wildman–Crippen MR) is 275 cm³/mol. The molecule has 0 aliphatic carbocycles. The fourth-order valence-electron chi connectivity index (χ4n) is 6.01. The summed E-state index contributed by atoms with van der Waals surface area (Å²) in [6, 6.07) is 47.7. The normalized spacial score (nSPS) is 11.6. The Morgan fingerprint density at radius 3 is 1.31 bits per heavy atom. The Balaban J connectivity index is 0.000000963. The van der Waals surface area contributed by atoms with E-state index in [0.29, 0.717) is 22.7 Å². The van der Waals surface area contributed by atoms with E-state index in [1.54, 1.807) is 134 Å². The summed E-state index contributed by atoms with van der Waals surface area (Å²) in [5.41, 5.74) is 2.45. The summed E-state index contributed by atoms with van der Waals surface area (Å²) in [5, 5.41) is 49.3. The zero-order chi connectivity index (χ0) is 52.5. The lowest BCUT2D eigenvalue weighted by Gasteiger charge is -2.30. The number of nitrogens with one attached hydrogen (secondary N) is 1. The van der Waals surface area contributed by atoms with Crippen molar-refractivity contribution in [3.8, 4) is 5.75 Å². The van der Waals surface area contributed by atoms with Gasteiger partial charge in [-0.05, 0) is 81.4 Å². The third-order valence-electron chi connectivity index (χ3n) is 9.54. The van der Waals surface area contributed by atoms with Crippen molar-refractivity contribution in [3.63, 3.8) is 0 Å². The quantitative estimate of drug-likeness (QED) is 0.0344. The Labute approximate surface area is 428 Å². The minimum Gasteiger partial charge on any atom is -0.548 e. The zero-order valence-corrected chi connectivity index (χ0v) is 38.3. The molecule has 0 saturated carbocycles. The first kappa shape index (κ1) is 65.2. The molecular weight excluding hydrogens is 970 g/mol. The van der Waals surface area contributed by atoms with Gasteiger partial charge in [-0.15, -0.1) is 0 Å². The standard InChI is InChI=1S/C16H15NO4.C15H15NO4.C11H10F3NO3.C9H11NO2.3CH4/c1-12(15(18)19)17(13-8-4-2-5-9-13)16(20)21-14-10-6-3-7-11-14;17-14(18)11-16(13-9-5-2-6-10-13)15(20-19)12-7-3-1-4-8-12;1-7(9(16)17)15(10(18)11(12,13)14)8-5-3-2-4-6-8;1-7(9(11)12)10-8-5-3-2-4-6-8;;;/h2-12H,1H3,(H,18,19);1-10,15,19H,11H2,(H,17,18);2-7H,1H3,(H,16,17);2-7,10H,1H3,(H,11,12);3*1H4/p-1. The lowest BCUT2D eigenvalue weighted by molar-refractivity contribution is -0.306. The Kier molecular flexibility index (Phi) is 29.1. The van der Waals surface area contributed by atoms with E-state index >= 15 is 0 Å². The van der Waals surface area contributed by atoms with Crippen molar-refractivity contribution in [1.29, 1.82) is 0 Å².